The third-order valence-corrected chi connectivity index (χ3v) is 6.19. The Labute approximate surface area is 148 Å². The highest BCUT2D eigenvalue weighted by Crippen LogP contribution is 2.44. The lowest BCUT2D eigenvalue weighted by atomic mass is 9.74. The standard InChI is InChI=1S/C20H25N3O2/c21-9-15-1-3-16(4-2-15)10-22-8-7-18-11-23(19(25)17-5-6-17)13-20(18,12-22)14-24/h1-4,17-18,24H,5-8,10-14H2/t18-,20+/m0/s1. The first-order valence-corrected chi connectivity index (χ1v) is 9.24. The number of amides is 1. The number of nitrogens with zero attached hydrogens (tertiary/aromatic N) is 3. The van der Waals surface area contributed by atoms with E-state index in [1.807, 2.05) is 29.2 Å². The number of benzene rings is 1. The molecule has 3 aliphatic rings. The Morgan fingerprint density at radius 2 is 2.00 bits per heavy atom. The quantitative estimate of drug-likeness (QED) is 0.905. The molecule has 0 unspecified atom stereocenters. The Morgan fingerprint density at radius 1 is 1.24 bits per heavy atom. The average molecular weight is 339 g/mol. The Hall–Kier alpha value is -1.90. The molecule has 2 aliphatic heterocycles. The monoisotopic (exact) mass is 339 g/mol. The molecule has 1 aromatic rings. The van der Waals surface area contributed by atoms with Crippen LogP contribution >= 0.6 is 0 Å². The summed E-state index contributed by atoms with van der Waals surface area (Å²) in [4.78, 5) is 16.9. The minimum absolute atomic E-state index is 0.149. The van der Waals surface area contributed by atoms with Crippen LogP contribution in [-0.4, -0.2) is 53.6 Å². The number of fused-ring (bicyclic) bond motifs is 1. The smallest absolute Gasteiger partial charge is 0.225 e. The molecule has 25 heavy (non-hydrogen) atoms. The summed E-state index contributed by atoms with van der Waals surface area (Å²) >= 11 is 0. The summed E-state index contributed by atoms with van der Waals surface area (Å²) < 4.78 is 0. The van der Waals surface area contributed by atoms with Gasteiger partial charge in [-0.2, -0.15) is 5.26 Å². The van der Waals surface area contributed by atoms with Gasteiger partial charge in [0.1, 0.15) is 0 Å². The molecule has 0 bridgehead atoms. The number of likely N-dealkylation sites (tertiary alicyclic amines) is 2. The molecule has 2 atom stereocenters. The highest BCUT2D eigenvalue weighted by Gasteiger charge is 2.51. The summed E-state index contributed by atoms with van der Waals surface area (Å²) in [6.07, 6.45) is 3.11. The molecule has 5 nitrogen and oxygen atoms in total. The number of carbonyl (C=O) groups excluding carboxylic acids is 1. The van der Waals surface area contributed by atoms with E-state index in [-0.39, 0.29) is 17.9 Å². The molecule has 1 amide bonds. The van der Waals surface area contributed by atoms with Crippen LogP contribution in [0.15, 0.2) is 24.3 Å². The van der Waals surface area contributed by atoms with Gasteiger partial charge in [0.15, 0.2) is 0 Å². The molecule has 4 rings (SSSR count). The van der Waals surface area contributed by atoms with E-state index in [0.29, 0.717) is 23.9 Å². The van der Waals surface area contributed by atoms with Crippen LogP contribution < -0.4 is 0 Å². The van der Waals surface area contributed by atoms with Crippen molar-refractivity contribution in [1.29, 1.82) is 5.26 Å². The number of aliphatic hydroxyl groups excluding tert-OH is 1. The van der Waals surface area contributed by atoms with Crippen molar-refractivity contribution in [2.75, 3.05) is 32.8 Å². The molecule has 3 fully saturated rings. The molecule has 1 N–H and O–H groups in total. The summed E-state index contributed by atoms with van der Waals surface area (Å²) in [6, 6.07) is 9.88. The van der Waals surface area contributed by atoms with Crippen LogP contribution in [0.5, 0.6) is 0 Å². The van der Waals surface area contributed by atoms with Crippen LogP contribution in [0.1, 0.15) is 30.4 Å². The van der Waals surface area contributed by atoms with Crippen molar-refractivity contribution in [3.63, 3.8) is 0 Å². The Morgan fingerprint density at radius 3 is 2.64 bits per heavy atom. The van der Waals surface area contributed by atoms with Gasteiger partial charge in [0, 0.05) is 37.5 Å². The molecule has 1 aliphatic carbocycles. The number of aliphatic hydroxyl groups is 1. The first kappa shape index (κ1) is 16.6. The topological polar surface area (TPSA) is 67.6 Å². The van der Waals surface area contributed by atoms with Crippen molar-refractivity contribution in [2.24, 2.45) is 17.3 Å². The summed E-state index contributed by atoms with van der Waals surface area (Å²) in [5.41, 5.74) is 1.70. The fourth-order valence-electron chi connectivity index (χ4n) is 4.54. The second-order valence-corrected chi connectivity index (χ2v) is 8.02. The lowest BCUT2D eigenvalue weighted by Crippen LogP contribution is -2.50. The van der Waals surface area contributed by atoms with Crippen LogP contribution in [0.4, 0.5) is 0 Å². The zero-order valence-electron chi connectivity index (χ0n) is 14.5. The van der Waals surface area contributed by atoms with Gasteiger partial charge < -0.3 is 10.0 Å². The molecule has 2 saturated heterocycles. The number of carbonyl (C=O) groups is 1. The van der Waals surface area contributed by atoms with E-state index in [4.69, 9.17) is 5.26 Å². The van der Waals surface area contributed by atoms with Crippen molar-refractivity contribution >= 4 is 5.91 Å². The predicted octanol–water partition coefficient (Wildman–Crippen LogP) is 1.61. The van der Waals surface area contributed by atoms with Gasteiger partial charge in [0.05, 0.1) is 18.2 Å². The average Bonchev–Trinajstić information content (AvgIpc) is 3.42. The molecule has 2 heterocycles. The summed E-state index contributed by atoms with van der Waals surface area (Å²) in [5, 5.41) is 19.1. The second kappa shape index (κ2) is 6.44. The van der Waals surface area contributed by atoms with E-state index in [0.717, 1.165) is 45.4 Å². The van der Waals surface area contributed by atoms with E-state index in [1.54, 1.807) is 0 Å². The van der Waals surface area contributed by atoms with E-state index >= 15 is 0 Å². The fraction of sp³-hybridized carbons (Fsp3) is 0.600. The van der Waals surface area contributed by atoms with Crippen molar-refractivity contribution in [3.8, 4) is 6.07 Å². The van der Waals surface area contributed by atoms with Crippen molar-refractivity contribution < 1.29 is 9.90 Å². The van der Waals surface area contributed by atoms with Gasteiger partial charge in [-0.1, -0.05) is 12.1 Å². The van der Waals surface area contributed by atoms with Crippen molar-refractivity contribution in [1.82, 2.24) is 9.80 Å². The van der Waals surface area contributed by atoms with Crippen LogP contribution in [0.2, 0.25) is 0 Å². The predicted molar refractivity (Wildman–Crippen MR) is 93.4 cm³/mol. The maximum Gasteiger partial charge on any atom is 0.225 e. The molecular weight excluding hydrogens is 314 g/mol. The number of piperidine rings is 1. The molecule has 1 saturated carbocycles. The SMILES string of the molecule is N#Cc1ccc(CN2CC[C@H]3CN(C(=O)C4CC4)C[C@@]3(CO)C2)cc1. The van der Waals surface area contributed by atoms with Crippen LogP contribution in [0, 0.1) is 28.6 Å². The van der Waals surface area contributed by atoms with Gasteiger partial charge in [-0.15, -0.1) is 0 Å². The molecule has 132 valence electrons. The summed E-state index contributed by atoms with van der Waals surface area (Å²) in [7, 11) is 0. The van der Waals surface area contributed by atoms with Gasteiger partial charge in [0.25, 0.3) is 0 Å². The van der Waals surface area contributed by atoms with E-state index < -0.39 is 0 Å². The first-order chi connectivity index (χ1) is 12.1. The highest BCUT2D eigenvalue weighted by molar-refractivity contribution is 5.81. The van der Waals surface area contributed by atoms with Gasteiger partial charge in [0.2, 0.25) is 5.91 Å². The van der Waals surface area contributed by atoms with Gasteiger partial charge in [-0.05, 0) is 49.4 Å². The molecule has 0 aromatic heterocycles. The summed E-state index contributed by atoms with van der Waals surface area (Å²) in [5.74, 6) is 0.976. The Bertz CT molecular complexity index is 692. The highest BCUT2D eigenvalue weighted by atomic mass is 16.3. The Kier molecular flexibility index (Phi) is 4.26. The number of nitriles is 1. The molecule has 5 heteroatoms. The molecule has 0 spiro atoms. The number of hydrogen-bond donors (Lipinski definition) is 1. The minimum Gasteiger partial charge on any atom is -0.396 e. The maximum absolute atomic E-state index is 12.4. The van der Waals surface area contributed by atoms with Crippen LogP contribution in [0.3, 0.4) is 0 Å². The molecule has 1 aromatic carbocycles. The summed E-state index contributed by atoms with van der Waals surface area (Å²) in [6.45, 7) is 4.33. The normalized spacial score (nSPS) is 29.3. The van der Waals surface area contributed by atoms with Gasteiger partial charge in [-0.3, -0.25) is 9.69 Å². The van der Waals surface area contributed by atoms with E-state index in [9.17, 15) is 9.90 Å². The first-order valence-electron chi connectivity index (χ1n) is 9.24. The zero-order valence-corrected chi connectivity index (χ0v) is 14.5. The second-order valence-electron chi connectivity index (χ2n) is 8.02. The van der Waals surface area contributed by atoms with Gasteiger partial charge in [-0.25, -0.2) is 0 Å². The molecule has 0 radical (unpaired) electrons. The van der Waals surface area contributed by atoms with Crippen LogP contribution in [-0.2, 0) is 11.3 Å². The fourth-order valence-corrected chi connectivity index (χ4v) is 4.54. The number of hydrogen-bond acceptors (Lipinski definition) is 4. The number of rotatable bonds is 4. The third-order valence-electron chi connectivity index (χ3n) is 6.19. The maximum atomic E-state index is 12.4. The van der Waals surface area contributed by atoms with E-state index in [2.05, 4.69) is 11.0 Å². The lowest BCUT2D eigenvalue weighted by molar-refractivity contribution is -0.132. The molecular formula is C20H25N3O2. The largest absolute Gasteiger partial charge is 0.396 e. The minimum atomic E-state index is -0.171. The van der Waals surface area contributed by atoms with Crippen LogP contribution in [0.25, 0.3) is 0 Å². The van der Waals surface area contributed by atoms with E-state index in [1.165, 1.54) is 5.56 Å². The zero-order chi connectivity index (χ0) is 17.4. The van der Waals surface area contributed by atoms with Gasteiger partial charge >= 0.3 is 0 Å². The van der Waals surface area contributed by atoms with Crippen molar-refractivity contribution in [3.05, 3.63) is 35.4 Å². The third kappa shape index (κ3) is 3.17. The van der Waals surface area contributed by atoms with Crippen molar-refractivity contribution in [2.45, 2.75) is 25.8 Å². The Balaban J connectivity index is 1.44. The lowest BCUT2D eigenvalue weighted by Gasteiger charge is -2.43.